The van der Waals surface area contributed by atoms with Gasteiger partial charge in [-0.1, -0.05) is 6.07 Å². The van der Waals surface area contributed by atoms with Crippen LogP contribution in [0.4, 0.5) is 0 Å². The van der Waals surface area contributed by atoms with Crippen LogP contribution in [0.15, 0.2) is 23.1 Å². The Kier molecular flexibility index (Phi) is 3.59. The molecule has 0 aliphatic carbocycles. The van der Waals surface area contributed by atoms with E-state index < -0.39 is 0 Å². The molecular weight excluding hydrogens is 172 g/mol. The first-order chi connectivity index (χ1) is 5.81. The van der Waals surface area contributed by atoms with Gasteiger partial charge in [-0.25, -0.2) is 0 Å². The van der Waals surface area contributed by atoms with E-state index in [1.807, 2.05) is 24.5 Å². The van der Waals surface area contributed by atoms with E-state index in [1.165, 1.54) is 0 Å². The summed E-state index contributed by atoms with van der Waals surface area (Å²) in [5.41, 5.74) is 1.61. The fourth-order valence-electron chi connectivity index (χ4n) is 1.03. The number of aliphatic hydroxyl groups excluding tert-OH is 2. The summed E-state index contributed by atoms with van der Waals surface area (Å²) >= 11 is 1.62. The molecule has 0 aliphatic rings. The lowest BCUT2D eigenvalue weighted by molar-refractivity contribution is 0.259. The van der Waals surface area contributed by atoms with Crippen molar-refractivity contribution in [1.29, 1.82) is 0 Å². The second kappa shape index (κ2) is 4.50. The highest BCUT2D eigenvalue weighted by atomic mass is 32.2. The quantitative estimate of drug-likeness (QED) is 0.697. The second-order valence-corrected chi connectivity index (χ2v) is 3.33. The number of benzene rings is 1. The summed E-state index contributed by atoms with van der Waals surface area (Å²) < 4.78 is 0. The van der Waals surface area contributed by atoms with Crippen LogP contribution in [0, 0.1) is 0 Å². The largest absolute Gasteiger partial charge is 0.392 e. The minimum absolute atomic E-state index is 0.00937. The molecule has 1 aromatic carbocycles. The van der Waals surface area contributed by atoms with Crippen molar-refractivity contribution in [1.82, 2.24) is 0 Å². The van der Waals surface area contributed by atoms with Crippen molar-refractivity contribution >= 4 is 11.8 Å². The fraction of sp³-hybridized carbons (Fsp3) is 0.333. The number of hydrogen-bond acceptors (Lipinski definition) is 3. The molecule has 0 atom stereocenters. The van der Waals surface area contributed by atoms with Gasteiger partial charge < -0.3 is 10.2 Å². The normalized spacial score (nSPS) is 10.2. The van der Waals surface area contributed by atoms with Crippen molar-refractivity contribution in [3.8, 4) is 0 Å². The highest BCUT2D eigenvalue weighted by molar-refractivity contribution is 7.98. The molecule has 2 nitrogen and oxygen atoms in total. The summed E-state index contributed by atoms with van der Waals surface area (Å²) in [6.07, 6.45) is 1.98. The topological polar surface area (TPSA) is 40.5 Å². The molecule has 0 bridgehead atoms. The van der Waals surface area contributed by atoms with Crippen LogP contribution in [0.1, 0.15) is 11.1 Å². The van der Waals surface area contributed by atoms with E-state index in [2.05, 4.69) is 0 Å². The number of thioether (sulfide) groups is 1. The van der Waals surface area contributed by atoms with Gasteiger partial charge in [0.25, 0.3) is 0 Å². The van der Waals surface area contributed by atoms with Crippen LogP contribution < -0.4 is 0 Å². The molecule has 1 aromatic rings. The molecule has 12 heavy (non-hydrogen) atoms. The first-order valence-corrected chi connectivity index (χ1v) is 4.91. The summed E-state index contributed by atoms with van der Waals surface area (Å²) in [7, 11) is 0. The Morgan fingerprint density at radius 1 is 1.17 bits per heavy atom. The Bertz CT molecular complexity index is 261. The molecule has 0 aromatic heterocycles. The molecule has 0 unspecified atom stereocenters. The number of hydrogen-bond donors (Lipinski definition) is 2. The maximum absolute atomic E-state index is 8.95. The molecule has 1 rings (SSSR count). The second-order valence-electron chi connectivity index (χ2n) is 2.45. The summed E-state index contributed by atoms with van der Waals surface area (Å²) in [5.74, 6) is 0. The predicted octanol–water partition coefficient (Wildman–Crippen LogP) is 1.39. The molecule has 0 fully saturated rings. The van der Waals surface area contributed by atoms with Crippen molar-refractivity contribution in [2.24, 2.45) is 0 Å². The molecule has 0 saturated heterocycles. The van der Waals surface area contributed by atoms with Gasteiger partial charge in [0.1, 0.15) is 0 Å². The van der Waals surface area contributed by atoms with Crippen molar-refractivity contribution in [3.63, 3.8) is 0 Å². The van der Waals surface area contributed by atoms with Crippen LogP contribution in [0.3, 0.4) is 0 Å². The Labute approximate surface area is 76.2 Å². The number of aliphatic hydroxyl groups is 2. The molecule has 0 heterocycles. The van der Waals surface area contributed by atoms with Crippen molar-refractivity contribution in [2.75, 3.05) is 6.26 Å². The molecule has 66 valence electrons. The zero-order valence-electron chi connectivity index (χ0n) is 6.95. The Morgan fingerprint density at radius 3 is 2.33 bits per heavy atom. The highest BCUT2D eigenvalue weighted by Crippen LogP contribution is 2.19. The standard InChI is InChI=1S/C9H12O2S/c1-12-9-3-2-7(5-10)8(4-9)6-11/h2-4,10-11H,5-6H2,1H3. The van der Waals surface area contributed by atoms with Gasteiger partial charge in [-0.15, -0.1) is 11.8 Å². The van der Waals surface area contributed by atoms with Gasteiger partial charge in [0, 0.05) is 4.90 Å². The molecule has 0 spiro atoms. The lowest BCUT2D eigenvalue weighted by Crippen LogP contribution is -1.93. The molecular formula is C9H12O2S. The monoisotopic (exact) mass is 184 g/mol. The Morgan fingerprint density at radius 2 is 1.83 bits per heavy atom. The van der Waals surface area contributed by atoms with Gasteiger partial charge in [-0.2, -0.15) is 0 Å². The first-order valence-electron chi connectivity index (χ1n) is 3.69. The van der Waals surface area contributed by atoms with Crippen LogP contribution >= 0.6 is 11.8 Å². The lowest BCUT2D eigenvalue weighted by Gasteiger charge is -2.05. The average molecular weight is 184 g/mol. The minimum atomic E-state index is -0.00963. The smallest absolute Gasteiger partial charge is 0.0685 e. The predicted molar refractivity (Wildman–Crippen MR) is 50.1 cm³/mol. The van der Waals surface area contributed by atoms with E-state index in [9.17, 15) is 0 Å². The summed E-state index contributed by atoms with van der Waals surface area (Å²) in [5, 5.41) is 17.8. The summed E-state index contributed by atoms with van der Waals surface area (Å²) in [4.78, 5) is 1.11. The van der Waals surface area contributed by atoms with E-state index in [1.54, 1.807) is 11.8 Å². The van der Waals surface area contributed by atoms with Crippen LogP contribution in [0.2, 0.25) is 0 Å². The van der Waals surface area contributed by atoms with Crippen LogP contribution in [0.25, 0.3) is 0 Å². The SMILES string of the molecule is CSc1ccc(CO)c(CO)c1. The number of rotatable bonds is 3. The highest BCUT2D eigenvalue weighted by Gasteiger charge is 2.00. The van der Waals surface area contributed by atoms with Gasteiger partial charge in [0.15, 0.2) is 0 Å². The van der Waals surface area contributed by atoms with E-state index in [-0.39, 0.29) is 13.2 Å². The molecule has 0 aliphatic heterocycles. The van der Waals surface area contributed by atoms with Gasteiger partial charge in [0.2, 0.25) is 0 Å². The summed E-state index contributed by atoms with van der Waals surface area (Å²) in [6, 6.07) is 5.68. The van der Waals surface area contributed by atoms with Crippen molar-refractivity contribution < 1.29 is 10.2 Å². The Hall–Kier alpha value is -0.510. The molecule has 0 saturated carbocycles. The third-order valence-electron chi connectivity index (χ3n) is 1.75. The van der Waals surface area contributed by atoms with Crippen molar-refractivity contribution in [2.45, 2.75) is 18.1 Å². The first kappa shape index (κ1) is 9.58. The zero-order chi connectivity index (χ0) is 8.97. The zero-order valence-corrected chi connectivity index (χ0v) is 7.77. The van der Waals surface area contributed by atoms with Crippen LogP contribution in [-0.4, -0.2) is 16.5 Å². The van der Waals surface area contributed by atoms with Gasteiger partial charge in [-0.3, -0.25) is 0 Å². The third kappa shape index (κ3) is 2.00. The maximum Gasteiger partial charge on any atom is 0.0685 e. The van der Waals surface area contributed by atoms with Crippen molar-refractivity contribution in [3.05, 3.63) is 29.3 Å². The third-order valence-corrected chi connectivity index (χ3v) is 2.48. The maximum atomic E-state index is 8.95. The van der Waals surface area contributed by atoms with Gasteiger partial charge >= 0.3 is 0 Å². The molecule has 3 heteroatoms. The van der Waals surface area contributed by atoms with E-state index in [0.717, 1.165) is 16.0 Å². The Balaban J connectivity index is 3.02. The van der Waals surface area contributed by atoms with Crippen LogP contribution in [0.5, 0.6) is 0 Å². The summed E-state index contributed by atoms with van der Waals surface area (Å²) in [6.45, 7) is -0.0190. The fourth-order valence-corrected chi connectivity index (χ4v) is 1.49. The average Bonchev–Trinajstić information content (AvgIpc) is 2.16. The van der Waals surface area contributed by atoms with E-state index in [4.69, 9.17) is 10.2 Å². The molecule has 0 amide bonds. The molecule has 2 N–H and O–H groups in total. The van der Waals surface area contributed by atoms with Crippen LogP contribution in [-0.2, 0) is 13.2 Å². The van der Waals surface area contributed by atoms with Gasteiger partial charge in [0.05, 0.1) is 13.2 Å². The minimum Gasteiger partial charge on any atom is -0.392 e. The van der Waals surface area contributed by atoms with E-state index >= 15 is 0 Å². The molecule has 0 radical (unpaired) electrons. The lowest BCUT2D eigenvalue weighted by atomic mass is 10.1. The van der Waals surface area contributed by atoms with E-state index in [0.29, 0.717) is 0 Å². The van der Waals surface area contributed by atoms with Gasteiger partial charge in [-0.05, 0) is 29.5 Å².